The Morgan fingerprint density at radius 3 is 1.73 bits per heavy atom. The standard InChI is InChI=1S/C32H26BrN3O5/c33-26-16-17-27(30(36(37)38)31(26)40-21-24-12-6-2-7-13-24)34-28-18-19-29(39-20-23-10-4-1-5-11-23)35-32(28)41-22-25-14-8-3-9-15-25/h1-19,34H,20-22H2. The molecule has 5 aromatic rings. The van der Waals surface area contributed by atoms with E-state index in [0.29, 0.717) is 22.6 Å². The minimum atomic E-state index is -0.470. The molecule has 0 atom stereocenters. The van der Waals surface area contributed by atoms with Crippen molar-refractivity contribution in [1.82, 2.24) is 4.98 Å². The molecule has 1 aromatic heterocycles. The van der Waals surface area contributed by atoms with Gasteiger partial charge in [-0.2, -0.15) is 4.98 Å². The maximum Gasteiger partial charge on any atom is 0.335 e. The van der Waals surface area contributed by atoms with Gasteiger partial charge in [0.15, 0.2) is 0 Å². The summed E-state index contributed by atoms with van der Waals surface area (Å²) in [7, 11) is 0. The highest BCUT2D eigenvalue weighted by Crippen LogP contribution is 2.43. The number of pyridine rings is 1. The Morgan fingerprint density at radius 1 is 0.659 bits per heavy atom. The van der Waals surface area contributed by atoms with Crippen molar-refractivity contribution in [2.75, 3.05) is 5.32 Å². The van der Waals surface area contributed by atoms with E-state index >= 15 is 0 Å². The second-order valence-electron chi connectivity index (χ2n) is 8.98. The Kier molecular flexibility index (Phi) is 9.08. The van der Waals surface area contributed by atoms with Crippen molar-refractivity contribution in [2.45, 2.75) is 19.8 Å². The number of aromatic nitrogens is 1. The molecule has 0 aliphatic carbocycles. The zero-order valence-electron chi connectivity index (χ0n) is 21.9. The molecule has 1 N–H and O–H groups in total. The van der Waals surface area contributed by atoms with Crippen molar-refractivity contribution < 1.29 is 19.1 Å². The molecular weight excluding hydrogens is 586 g/mol. The molecule has 0 bridgehead atoms. The van der Waals surface area contributed by atoms with Gasteiger partial charge < -0.3 is 19.5 Å². The summed E-state index contributed by atoms with van der Waals surface area (Å²) in [6.45, 7) is 0.752. The number of benzene rings is 4. The third-order valence-electron chi connectivity index (χ3n) is 6.04. The molecule has 0 saturated heterocycles. The smallest absolute Gasteiger partial charge is 0.335 e. The van der Waals surface area contributed by atoms with Crippen LogP contribution in [0.4, 0.5) is 17.1 Å². The summed E-state index contributed by atoms with van der Waals surface area (Å²) in [5.74, 6) is 0.717. The van der Waals surface area contributed by atoms with E-state index in [4.69, 9.17) is 14.2 Å². The van der Waals surface area contributed by atoms with Crippen LogP contribution in [-0.2, 0) is 19.8 Å². The second kappa shape index (κ2) is 13.5. The lowest BCUT2D eigenvalue weighted by Crippen LogP contribution is -2.06. The average Bonchev–Trinajstić information content (AvgIpc) is 3.01. The van der Waals surface area contributed by atoms with E-state index in [0.717, 1.165) is 16.7 Å². The number of nitrogens with zero attached hydrogens (tertiary/aromatic N) is 2. The third kappa shape index (κ3) is 7.40. The first-order chi connectivity index (χ1) is 20.1. The number of rotatable bonds is 12. The van der Waals surface area contributed by atoms with E-state index in [1.807, 2.05) is 91.0 Å². The molecule has 0 unspecified atom stereocenters. The van der Waals surface area contributed by atoms with Gasteiger partial charge >= 0.3 is 5.69 Å². The fourth-order valence-electron chi connectivity index (χ4n) is 4.01. The van der Waals surface area contributed by atoms with Gasteiger partial charge in [-0.05, 0) is 50.8 Å². The Labute approximate surface area is 245 Å². The Balaban J connectivity index is 1.43. The normalized spacial score (nSPS) is 10.6. The maximum absolute atomic E-state index is 12.3. The first-order valence-corrected chi connectivity index (χ1v) is 13.6. The van der Waals surface area contributed by atoms with Crippen LogP contribution in [0, 0.1) is 10.1 Å². The summed E-state index contributed by atoms with van der Waals surface area (Å²) in [5, 5.41) is 15.4. The molecule has 0 spiro atoms. The lowest BCUT2D eigenvalue weighted by molar-refractivity contribution is -0.385. The fourth-order valence-corrected chi connectivity index (χ4v) is 4.44. The summed E-state index contributed by atoms with van der Waals surface area (Å²) >= 11 is 3.41. The Hall–Kier alpha value is -4.89. The monoisotopic (exact) mass is 611 g/mol. The van der Waals surface area contributed by atoms with Crippen LogP contribution in [0.2, 0.25) is 0 Å². The van der Waals surface area contributed by atoms with Gasteiger partial charge in [0.05, 0.1) is 9.40 Å². The molecule has 0 aliphatic heterocycles. The predicted molar refractivity (Wildman–Crippen MR) is 161 cm³/mol. The molecular formula is C32H26BrN3O5. The van der Waals surface area contributed by atoms with Crippen molar-refractivity contribution in [3.63, 3.8) is 0 Å². The summed E-state index contributed by atoms with van der Waals surface area (Å²) in [4.78, 5) is 16.4. The van der Waals surface area contributed by atoms with Gasteiger partial charge in [0.2, 0.25) is 17.5 Å². The van der Waals surface area contributed by atoms with E-state index < -0.39 is 4.92 Å². The number of ether oxygens (including phenoxy) is 3. The highest BCUT2D eigenvalue weighted by Gasteiger charge is 2.25. The summed E-state index contributed by atoms with van der Waals surface area (Å²) in [6.07, 6.45) is 0. The molecule has 5 rings (SSSR count). The zero-order valence-corrected chi connectivity index (χ0v) is 23.5. The number of hydrogen-bond donors (Lipinski definition) is 1. The molecule has 0 radical (unpaired) electrons. The number of nitro benzene ring substituents is 1. The molecule has 0 saturated carbocycles. The molecule has 1 heterocycles. The van der Waals surface area contributed by atoms with Crippen LogP contribution in [-0.4, -0.2) is 9.91 Å². The van der Waals surface area contributed by atoms with Crippen LogP contribution in [0.3, 0.4) is 0 Å². The molecule has 8 nitrogen and oxygen atoms in total. The average molecular weight is 612 g/mol. The van der Waals surface area contributed by atoms with Crippen LogP contribution in [0.25, 0.3) is 0 Å². The van der Waals surface area contributed by atoms with Crippen LogP contribution < -0.4 is 19.5 Å². The molecule has 41 heavy (non-hydrogen) atoms. The van der Waals surface area contributed by atoms with Crippen molar-refractivity contribution in [1.29, 1.82) is 0 Å². The number of halogens is 1. The topological polar surface area (TPSA) is 95.8 Å². The van der Waals surface area contributed by atoms with E-state index in [-0.39, 0.29) is 36.2 Å². The van der Waals surface area contributed by atoms with E-state index in [1.165, 1.54) is 0 Å². The minimum absolute atomic E-state index is 0.117. The molecule has 206 valence electrons. The first kappa shape index (κ1) is 27.7. The summed E-state index contributed by atoms with van der Waals surface area (Å²) in [6, 6.07) is 35.6. The van der Waals surface area contributed by atoms with Crippen molar-refractivity contribution >= 4 is 33.0 Å². The van der Waals surface area contributed by atoms with Crippen LogP contribution in [0.15, 0.2) is 120 Å². The van der Waals surface area contributed by atoms with E-state index in [9.17, 15) is 10.1 Å². The quantitative estimate of drug-likeness (QED) is 0.112. The number of hydrogen-bond acceptors (Lipinski definition) is 7. The molecule has 9 heteroatoms. The first-order valence-electron chi connectivity index (χ1n) is 12.8. The van der Waals surface area contributed by atoms with Gasteiger partial charge in [0, 0.05) is 6.07 Å². The largest absolute Gasteiger partial charge is 0.481 e. The second-order valence-corrected chi connectivity index (χ2v) is 9.83. The Bertz CT molecular complexity index is 1600. The van der Waals surface area contributed by atoms with Gasteiger partial charge in [-0.1, -0.05) is 91.0 Å². The molecule has 4 aromatic carbocycles. The van der Waals surface area contributed by atoms with Gasteiger partial charge in [0.25, 0.3) is 0 Å². The lowest BCUT2D eigenvalue weighted by Gasteiger charge is -2.16. The van der Waals surface area contributed by atoms with Gasteiger partial charge in [-0.15, -0.1) is 0 Å². The fraction of sp³-hybridized carbons (Fsp3) is 0.0938. The number of nitrogens with one attached hydrogen (secondary N) is 1. The molecule has 0 amide bonds. The van der Waals surface area contributed by atoms with Crippen LogP contribution >= 0.6 is 15.9 Å². The predicted octanol–water partition coefficient (Wildman–Crippen LogP) is 8.23. The zero-order chi connectivity index (χ0) is 28.4. The van der Waals surface area contributed by atoms with Crippen molar-refractivity contribution in [2.24, 2.45) is 0 Å². The van der Waals surface area contributed by atoms with Gasteiger partial charge in [-0.25, -0.2) is 0 Å². The lowest BCUT2D eigenvalue weighted by atomic mass is 10.2. The Morgan fingerprint density at radius 2 is 1.17 bits per heavy atom. The highest BCUT2D eigenvalue weighted by molar-refractivity contribution is 9.10. The third-order valence-corrected chi connectivity index (χ3v) is 6.67. The van der Waals surface area contributed by atoms with Gasteiger partial charge in [-0.3, -0.25) is 10.1 Å². The van der Waals surface area contributed by atoms with Crippen molar-refractivity contribution in [3.05, 3.63) is 147 Å². The maximum atomic E-state index is 12.3. The molecule has 0 fully saturated rings. The van der Waals surface area contributed by atoms with Crippen LogP contribution in [0.5, 0.6) is 17.5 Å². The number of nitro groups is 1. The summed E-state index contributed by atoms with van der Waals surface area (Å²) < 4.78 is 18.4. The summed E-state index contributed by atoms with van der Waals surface area (Å²) in [5.41, 5.74) is 3.28. The highest BCUT2D eigenvalue weighted by atomic mass is 79.9. The minimum Gasteiger partial charge on any atom is -0.481 e. The van der Waals surface area contributed by atoms with E-state index in [2.05, 4.69) is 26.2 Å². The molecule has 0 aliphatic rings. The SMILES string of the molecule is O=[N+]([O-])c1c(Nc2ccc(OCc3ccccc3)nc2OCc2ccccc2)ccc(Br)c1OCc1ccccc1. The number of anilines is 2. The van der Waals surface area contributed by atoms with Crippen molar-refractivity contribution in [3.8, 4) is 17.5 Å². The van der Waals surface area contributed by atoms with E-state index in [1.54, 1.807) is 24.3 Å². The van der Waals surface area contributed by atoms with Crippen LogP contribution in [0.1, 0.15) is 16.7 Å². The van der Waals surface area contributed by atoms with Gasteiger partial charge in [0.1, 0.15) is 31.2 Å².